The number of hydrogen-bond donors (Lipinski definition) is 3. The Morgan fingerprint density at radius 1 is 1.10 bits per heavy atom. The number of carbonyl (C=O) groups excluding carboxylic acids is 1. The molecule has 2 atom stereocenters. The zero-order chi connectivity index (χ0) is 27.2. The third-order valence-corrected chi connectivity index (χ3v) is 7.00. The summed E-state index contributed by atoms with van der Waals surface area (Å²) in [5, 5.41) is 21.4. The quantitative estimate of drug-likeness (QED) is 0.184. The van der Waals surface area contributed by atoms with Crippen LogP contribution >= 0.6 is 11.6 Å². The summed E-state index contributed by atoms with van der Waals surface area (Å²) in [7, 11) is 0. The highest BCUT2D eigenvalue weighted by Crippen LogP contribution is 2.35. The number of nitrogens with zero attached hydrogens (tertiary/aromatic N) is 3. The molecular weight excluding hydrogens is 516 g/mol. The first-order valence-electron chi connectivity index (χ1n) is 12.8. The third kappa shape index (κ3) is 6.38. The minimum atomic E-state index is -0.212. The first-order chi connectivity index (χ1) is 19.0. The number of rotatable bonds is 11. The Labute approximate surface area is 230 Å². The Balaban J connectivity index is 1.21. The Morgan fingerprint density at radius 3 is 2.64 bits per heavy atom. The molecule has 0 aliphatic carbocycles. The van der Waals surface area contributed by atoms with Crippen LogP contribution in [-0.2, 0) is 6.54 Å². The van der Waals surface area contributed by atoms with Crippen molar-refractivity contribution in [3.05, 3.63) is 89.2 Å². The fraction of sp³-hybridized carbons (Fsp3) is 0.241. The molecule has 5 rings (SSSR count). The second-order valence-corrected chi connectivity index (χ2v) is 9.73. The number of aromatic amines is 1. The van der Waals surface area contributed by atoms with Gasteiger partial charge in [-0.25, -0.2) is 0 Å². The number of hydrogen-bond acceptors (Lipinski definition) is 7. The minimum Gasteiger partial charge on any atom is -0.491 e. The van der Waals surface area contributed by atoms with E-state index in [-0.39, 0.29) is 18.5 Å². The van der Waals surface area contributed by atoms with Crippen molar-refractivity contribution in [1.29, 1.82) is 0 Å². The second kappa shape index (κ2) is 12.0. The highest BCUT2D eigenvalue weighted by molar-refractivity contribution is 6.33. The topological polar surface area (TPSA) is 118 Å². The maximum Gasteiger partial charge on any atom is 0.251 e. The van der Waals surface area contributed by atoms with E-state index in [2.05, 4.69) is 45.1 Å². The number of fused-ring (bicyclic) bond motifs is 1. The van der Waals surface area contributed by atoms with Crippen LogP contribution in [0.15, 0.2) is 77.2 Å². The van der Waals surface area contributed by atoms with Crippen LogP contribution in [0.25, 0.3) is 22.3 Å². The van der Waals surface area contributed by atoms with Crippen molar-refractivity contribution in [2.24, 2.45) is 5.92 Å². The molecule has 39 heavy (non-hydrogen) atoms. The molecule has 0 saturated heterocycles. The summed E-state index contributed by atoms with van der Waals surface area (Å²) in [5.74, 6) is 1.95. The van der Waals surface area contributed by atoms with Crippen LogP contribution in [0.1, 0.15) is 36.5 Å². The molecule has 9 nitrogen and oxygen atoms in total. The van der Waals surface area contributed by atoms with Gasteiger partial charge in [0.05, 0.1) is 17.6 Å². The van der Waals surface area contributed by atoms with Gasteiger partial charge in [0.1, 0.15) is 23.7 Å². The lowest BCUT2D eigenvalue weighted by Crippen LogP contribution is -2.33. The molecule has 0 radical (unpaired) electrons. The monoisotopic (exact) mass is 544 g/mol. The summed E-state index contributed by atoms with van der Waals surface area (Å²) >= 11 is 6.62. The molecule has 3 aromatic carbocycles. The van der Waals surface area contributed by atoms with E-state index in [0.29, 0.717) is 34.7 Å². The summed E-state index contributed by atoms with van der Waals surface area (Å²) in [4.78, 5) is 12.4. The predicted molar refractivity (Wildman–Crippen MR) is 151 cm³/mol. The molecule has 0 aliphatic heterocycles. The largest absolute Gasteiger partial charge is 0.491 e. The number of anilines is 1. The molecule has 0 spiro atoms. The molecule has 2 heterocycles. The van der Waals surface area contributed by atoms with E-state index in [0.717, 1.165) is 34.4 Å². The number of H-pyrrole nitrogens is 1. The highest BCUT2D eigenvalue weighted by Gasteiger charge is 2.18. The lowest BCUT2D eigenvalue weighted by molar-refractivity contribution is 0.0950. The van der Waals surface area contributed by atoms with Gasteiger partial charge in [-0.2, -0.15) is 5.21 Å². The third-order valence-electron chi connectivity index (χ3n) is 6.69. The SMILES string of the molecule is CCC(C)C(COc1ccc(-c2cc3ccccc3o2)c(Cl)c1)Nc1ccc(C(=O)NCc2nn[nH]n2)cc1. The number of nitrogens with one attached hydrogen (secondary N) is 3. The average molecular weight is 545 g/mol. The molecule has 0 bridgehead atoms. The van der Waals surface area contributed by atoms with E-state index in [1.165, 1.54) is 0 Å². The van der Waals surface area contributed by atoms with Crippen molar-refractivity contribution in [3.8, 4) is 17.1 Å². The standard InChI is InChI=1S/C29H29ClN6O3/c1-3-18(2)25(32-21-10-8-19(9-11-21)29(37)31-16-28-33-35-36-34-28)17-38-22-12-13-23(24(30)15-22)27-14-20-6-4-5-7-26(20)39-27/h4-15,18,25,32H,3,16-17H2,1-2H3,(H,31,37)(H,33,34,35,36). The van der Waals surface area contributed by atoms with Crippen LogP contribution in [0.5, 0.6) is 5.75 Å². The molecule has 10 heteroatoms. The van der Waals surface area contributed by atoms with E-state index >= 15 is 0 Å². The summed E-state index contributed by atoms with van der Waals surface area (Å²) in [6.07, 6.45) is 0.976. The number of para-hydroxylation sites is 1. The summed E-state index contributed by atoms with van der Waals surface area (Å²) < 4.78 is 12.1. The van der Waals surface area contributed by atoms with Crippen molar-refractivity contribution < 1.29 is 13.9 Å². The molecule has 2 aromatic heterocycles. The maximum atomic E-state index is 12.4. The Kier molecular flexibility index (Phi) is 8.07. The minimum absolute atomic E-state index is 0.0433. The van der Waals surface area contributed by atoms with E-state index in [4.69, 9.17) is 20.8 Å². The number of tetrazole rings is 1. The van der Waals surface area contributed by atoms with Crippen molar-refractivity contribution in [2.45, 2.75) is 32.9 Å². The first kappa shape index (κ1) is 26.2. The maximum absolute atomic E-state index is 12.4. The van der Waals surface area contributed by atoms with Gasteiger partial charge in [-0.3, -0.25) is 4.79 Å². The molecule has 0 fully saturated rings. The molecule has 0 aliphatic rings. The Bertz CT molecular complexity index is 1500. The molecule has 0 saturated carbocycles. The average Bonchev–Trinajstić information content (AvgIpc) is 3.64. The van der Waals surface area contributed by atoms with Crippen LogP contribution in [0.3, 0.4) is 0 Å². The van der Waals surface area contributed by atoms with Crippen LogP contribution in [0.2, 0.25) is 5.02 Å². The van der Waals surface area contributed by atoms with E-state index in [1.807, 2.05) is 60.7 Å². The lowest BCUT2D eigenvalue weighted by atomic mass is 9.99. The summed E-state index contributed by atoms with van der Waals surface area (Å²) in [5.41, 5.74) is 3.08. The fourth-order valence-electron chi connectivity index (χ4n) is 4.17. The molecule has 1 amide bonds. The van der Waals surface area contributed by atoms with Gasteiger partial charge in [0.25, 0.3) is 5.91 Å². The zero-order valence-electron chi connectivity index (χ0n) is 21.6. The molecule has 2 unspecified atom stereocenters. The van der Waals surface area contributed by atoms with Gasteiger partial charge in [-0.05, 0) is 60.5 Å². The van der Waals surface area contributed by atoms with Gasteiger partial charge in [0.2, 0.25) is 0 Å². The van der Waals surface area contributed by atoms with Crippen molar-refractivity contribution in [1.82, 2.24) is 25.9 Å². The van der Waals surface area contributed by atoms with Crippen molar-refractivity contribution >= 4 is 34.2 Å². The predicted octanol–water partition coefficient (Wildman–Crippen LogP) is 6.10. The number of amides is 1. The second-order valence-electron chi connectivity index (χ2n) is 9.33. The van der Waals surface area contributed by atoms with Crippen molar-refractivity contribution in [2.75, 3.05) is 11.9 Å². The number of halogens is 1. The number of benzene rings is 3. The van der Waals surface area contributed by atoms with E-state index in [9.17, 15) is 4.79 Å². The van der Waals surface area contributed by atoms with Crippen molar-refractivity contribution in [3.63, 3.8) is 0 Å². The van der Waals surface area contributed by atoms with Gasteiger partial charge in [0, 0.05) is 22.2 Å². The zero-order valence-corrected chi connectivity index (χ0v) is 22.4. The van der Waals surface area contributed by atoms with Crippen LogP contribution in [0, 0.1) is 5.92 Å². The van der Waals surface area contributed by atoms with Gasteiger partial charge in [-0.15, -0.1) is 10.2 Å². The first-order valence-corrected chi connectivity index (χ1v) is 13.2. The number of furan rings is 1. The molecule has 5 aromatic rings. The van der Waals surface area contributed by atoms with Crippen LogP contribution in [-0.4, -0.2) is 39.2 Å². The molecule has 200 valence electrons. The van der Waals surface area contributed by atoms with E-state index in [1.54, 1.807) is 12.1 Å². The van der Waals surface area contributed by atoms with E-state index < -0.39 is 0 Å². The van der Waals surface area contributed by atoms with Gasteiger partial charge < -0.3 is 19.8 Å². The molecule has 3 N–H and O–H groups in total. The Morgan fingerprint density at radius 2 is 1.92 bits per heavy atom. The highest BCUT2D eigenvalue weighted by atomic mass is 35.5. The summed E-state index contributed by atoms with van der Waals surface area (Å²) in [6, 6.07) is 22.9. The number of aromatic nitrogens is 4. The number of carbonyl (C=O) groups is 1. The van der Waals surface area contributed by atoms with Crippen LogP contribution in [0.4, 0.5) is 5.69 Å². The lowest BCUT2D eigenvalue weighted by Gasteiger charge is -2.26. The fourth-order valence-corrected chi connectivity index (χ4v) is 4.43. The summed E-state index contributed by atoms with van der Waals surface area (Å²) in [6.45, 7) is 4.97. The Hall–Kier alpha value is -4.37. The smallest absolute Gasteiger partial charge is 0.251 e. The van der Waals surface area contributed by atoms with Gasteiger partial charge >= 0.3 is 0 Å². The van der Waals surface area contributed by atoms with Crippen LogP contribution < -0.4 is 15.4 Å². The molecular formula is C29H29ClN6O3. The van der Waals surface area contributed by atoms with Gasteiger partial charge in [0.15, 0.2) is 5.82 Å². The number of ether oxygens (including phenoxy) is 1. The normalized spacial score (nSPS) is 12.7. The van der Waals surface area contributed by atoms with Gasteiger partial charge in [-0.1, -0.05) is 55.3 Å².